The second-order valence-electron chi connectivity index (χ2n) is 3.72. The molecule has 0 aromatic heterocycles. The molecule has 0 aliphatic carbocycles. The van der Waals surface area contributed by atoms with Crippen molar-refractivity contribution in [1.29, 1.82) is 0 Å². The number of halogens is 1. The Labute approximate surface area is 109 Å². The van der Waals surface area contributed by atoms with E-state index in [1.54, 1.807) is 0 Å². The van der Waals surface area contributed by atoms with Crippen molar-refractivity contribution >= 4 is 5.91 Å². The first-order chi connectivity index (χ1) is 9.00. The van der Waals surface area contributed by atoms with Crippen LogP contribution in [0.2, 0.25) is 0 Å². The summed E-state index contributed by atoms with van der Waals surface area (Å²) in [5.74, 6) is -1.51. The number of carbonyl (C=O) groups is 1. The highest BCUT2D eigenvalue weighted by atomic mass is 19.1. The lowest BCUT2D eigenvalue weighted by atomic mass is 9.97. The van der Waals surface area contributed by atoms with Crippen LogP contribution in [-0.4, -0.2) is 23.5 Å². The van der Waals surface area contributed by atoms with Crippen LogP contribution in [0.25, 0.3) is 0 Å². The average Bonchev–Trinajstić information content (AvgIpc) is 2.40. The van der Waals surface area contributed by atoms with Gasteiger partial charge in [0, 0.05) is 22.5 Å². The smallest absolute Gasteiger partial charge is 0.250 e. The van der Waals surface area contributed by atoms with Gasteiger partial charge in [-0.3, -0.25) is 14.9 Å². The molecule has 0 fully saturated rings. The summed E-state index contributed by atoms with van der Waals surface area (Å²) in [4.78, 5) is 21.3. The van der Waals surface area contributed by atoms with Crippen molar-refractivity contribution in [2.45, 2.75) is 26.3 Å². The van der Waals surface area contributed by atoms with Crippen LogP contribution in [0.4, 0.5) is 4.39 Å². The monoisotopic (exact) mass is 270 g/mol. The van der Waals surface area contributed by atoms with Crippen LogP contribution in [0.3, 0.4) is 0 Å². The van der Waals surface area contributed by atoms with Gasteiger partial charge in [0.1, 0.15) is 0 Å². The summed E-state index contributed by atoms with van der Waals surface area (Å²) in [7, 11) is 0. The zero-order valence-corrected chi connectivity index (χ0v) is 10.7. The van der Waals surface area contributed by atoms with Gasteiger partial charge in [-0.25, -0.2) is 4.39 Å². The molecule has 7 heteroatoms. The van der Waals surface area contributed by atoms with Crippen LogP contribution in [0.1, 0.15) is 29.8 Å². The number of benzene rings is 1. The standard InChI is InChI=1S/C10H9FN2O4.C2H6/c11-8-2-1-6(10(12)14)7-3-5(13(15)16)4-17-9(7)8;1-2/h1-2,5H,3-4H2,(H2,12,14);1-2H3. The van der Waals surface area contributed by atoms with Gasteiger partial charge in [0.15, 0.2) is 18.2 Å². The third-order valence-electron chi connectivity index (χ3n) is 2.64. The number of nitro groups is 1. The summed E-state index contributed by atoms with van der Waals surface area (Å²) in [5.41, 5.74) is 5.36. The molecule has 1 heterocycles. The summed E-state index contributed by atoms with van der Waals surface area (Å²) in [6.45, 7) is 3.79. The molecule has 6 nitrogen and oxygen atoms in total. The van der Waals surface area contributed by atoms with E-state index in [1.165, 1.54) is 6.07 Å². The first-order valence-electron chi connectivity index (χ1n) is 5.88. The van der Waals surface area contributed by atoms with Crippen LogP contribution in [0.15, 0.2) is 12.1 Å². The SMILES string of the molecule is CC.NC(=O)c1ccc(F)c2c1CC([N+](=O)[O-])CO2. The number of amides is 1. The summed E-state index contributed by atoms with van der Waals surface area (Å²) in [6, 6.07) is 1.29. The molecule has 1 amide bonds. The van der Waals surface area contributed by atoms with Gasteiger partial charge in [-0.15, -0.1) is 0 Å². The van der Waals surface area contributed by atoms with Crippen molar-refractivity contribution in [3.05, 3.63) is 39.2 Å². The van der Waals surface area contributed by atoms with E-state index < -0.39 is 22.7 Å². The molecule has 2 N–H and O–H groups in total. The molecule has 0 spiro atoms. The first-order valence-corrected chi connectivity index (χ1v) is 5.88. The molecular formula is C12H15FN2O4. The highest BCUT2D eigenvalue weighted by molar-refractivity contribution is 5.95. The molecule has 1 aliphatic heterocycles. The number of ether oxygens (including phenoxy) is 1. The van der Waals surface area contributed by atoms with E-state index >= 15 is 0 Å². The third-order valence-corrected chi connectivity index (χ3v) is 2.64. The number of rotatable bonds is 2. The van der Waals surface area contributed by atoms with Crippen molar-refractivity contribution in [3.63, 3.8) is 0 Å². The number of nitrogens with two attached hydrogens (primary N) is 1. The Morgan fingerprint density at radius 3 is 2.68 bits per heavy atom. The molecule has 1 atom stereocenters. The molecule has 0 radical (unpaired) electrons. The third kappa shape index (κ3) is 2.98. The van der Waals surface area contributed by atoms with E-state index in [0.717, 1.165) is 6.07 Å². The second kappa shape index (κ2) is 6.12. The fourth-order valence-electron chi connectivity index (χ4n) is 1.80. The van der Waals surface area contributed by atoms with E-state index in [9.17, 15) is 19.3 Å². The number of nitrogens with zero attached hydrogens (tertiary/aromatic N) is 1. The molecule has 104 valence electrons. The summed E-state index contributed by atoms with van der Waals surface area (Å²) < 4.78 is 18.4. The Kier molecular flexibility index (Phi) is 4.80. The van der Waals surface area contributed by atoms with E-state index in [4.69, 9.17) is 10.5 Å². The van der Waals surface area contributed by atoms with Gasteiger partial charge < -0.3 is 10.5 Å². The molecule has 1 unspecified atom stereocenters. The Balaban J connectivity index is 0.000000861. The topological polar surface area (TPSA) is 95.5 Å². The van der Waals surface area contributed by atoms with Crippen LogP contribution >= 0.6 is 0 Å². The van der Waals surface area contributed by atoms with Gasteiger partial charge in [0.2, 0.25) is 5.91 Å². The Hall–Kier alpha value is -2.18. The van der Waals surface area contributed by atoms with Crippen LogP contribution in [-0.2, 0) is 6.42 Å². The maximum Gasteiger partial charge on any atom is 0.250 e. The zero-order chi connectivity index (χ0) is 14.6. The van der Waals surface area contributed by atoms with Crippen molar-refractivity contribution in [1.82, 2.24) is 0 Å². The molecule has 0 saturated carbocycles. The van der Waals surface area contributed by atoms with Crippen LogP contribution in [0.5, 0.6) is 5.75 Å². The van der Waals surface area contributed by atoms with E-state index in [-0.39, 0.29) is 29.9 Å². The zero-order valence-electron chi connectivity index (χ0n) is 10.7. The molecule has 0 bridgehead atoms. The molecule has 1 aliphatic rings. The van der Waals surface area contributed by atoms with Gasteiger partial charge in [0.05, 0.1) is 0 Å². The highest BCUT2D eigenvalue weighted by Gasteiger charge is 2.32. The van der Waals surface area contributed by atoms with E-state index in [1.807, 2.05) is 13.8 Å². The predicted octanol–water partition coefficient (Wildman–Crippen LogP) is 1.53. The largest absolute Gasteiger partial charge is 0.483 e. The lowest BCUT2D eigenvalue weighted by Gasteiger charge is -2.22. The minimum Gasteiger partial charge on any atom is -0.483 e. The number of hydrogen-bond donors (Lipinski definition) is 1. The number of hydrogen-bond acceptors (Lipinski definition) is 4. The molecular weight excluding hydrogens is 255 g/mol. The fraction of sp³-hybridized carbons (Fsp3) is 0.417. The molecule has 0 saturated heterocycles. The summed E-state index contributed by atoms with van der Waals surface area (Å²) in [6.07, 6.45) is -0.0572. The molecule has 2 rings (SSSR count). The normalized spacial score (nSPS) is 16.5. The molecule has 1 aromatic rings. The summed E-state index contributed by atoms with van der Waals surface area (Å²) in [5, 5.41) is 10.6. The van der Waals surface area contributed by atoms with Crippen LogP contribution in [0, 0.1) is 15.9 Å². The molecule has 19 heavy (non-hydrogen) atoms. The average molecular weight is 270 g/mol. The first kappa shape index (κ1) is 14.9. The van der Waals surface area contributed by atoms with Crippen molar-refractivity contribution in [2.75, 3.05) is 6.61 Å². The maximum absolute atomic E-state index is 13.4. The second-order valence-corrected chi connectivity index (χ2v) is 3.72. The number of fused-ring (bicyclic) bond motifs is 1. The van der Waals surface area contributed by atoms with Crippen molar-refractivity contribution in [2.24, 2.45) is 5.73 Å². The minimum atomic E-state index is -0.984. The Bertz CT molecular complexity index is 505. The van der Waals surface area contributed by atoms with Gasteiger partial charge in [-0.1, -0.05) is 13.8 Å². The lowest BCUT2D eigenvalue weighted by Crippen LogP contribution is -2.34. The number of primary amides is 1. The van der Waals surface area contributed by atoms with E-state index in [0.29, 0.717) is 0 Å². The van der Waals surface area contributed by atoms with E-state index in [2.05, 4.69) is 0 Å². The Morgan fingerprint density at radius 2 is 2.16 bits per heavy atom. The Morgan fingerprint density at radius 1 is 1.53 bits per heavy atom. The van der Waals surface area contributed by atoms with Gasteiger partial charge in [-0.2, -0.15) is 0 Å². The van der Waals surface area contributed by atoms with Crippen molar-refractivity contribution < 1.29 is 18.8 Å². The number of carbonyl (C=O) groups excluding carboxylic acids is 1. The molecule has 1 aromatic carbocycles. The fourth-order valence-corrected chi connectivity index (χ4v) is 1.80. The van der Waals surface area contributed by atoms with Gasteiger partial charge in [0.25, 0.3) is 6.04 Å². The highest BCUT2D eigenvalue weighted by Crippen LogP contribution is 2.31. The minimum absolute atomic E-state index is 0.0572. The van der Waals surface area contributed by atoms with Crippen LogP contribution < -0.4 is 10.5 Å². The van der Waals surface area contributed by atoms with Gasteiger partial charge >= 0.3 is 0 Å². The van der Waals surface area contributed by atoms with Gasteiger partial charge in [-0.05, 0) is 12.1 Å². The van der Waals surface area contributed by atoms with Crippen molar-refractivity contribution in [3.8, 4) is 5.75 Å². The predicted molar refractivity (Wildman–Crippen MR) is 66.2 cm³/mol. The quantitative estimate of drug-likeness (QED) is 0.651. The lowest BCUT2D eigenvalue weighted by molar-refractivity contribution is -0.525. The maximum atomic E-state index is 13.4. The summed E-state index contributed by atoms with van der Waals surface area (Å²) >= 11 is 0.